The average Bonchev–Trinajstić information content (AvgIpc) is 2.94. The van der Waals surface area contributed by atoms with Gasteiger partial charge in [-0.2, -0.15) is 0 Å². The third-order valence-corrected chi connectivity index (χ3v) is 6.22. The average molecular weight is 287 g/mol. The van der Waals surface area contributed by atoms with E-state index in [1.807, 2.05) is 6.07 Å². The number of hydrogen-bond donors (Lipinski definition) is 2. The molecule has 2 N–H and O–H groups in total. The lowest BCUT2D eigenvalue weighted by atomic mass is 9.68. The molecule has 0 heterocycles. The molecule has 3 rings (SSSR count). The van der Waals surface area contributed by atoms with E-state index in [9.17, 15) is 5.11 Å². The van der Waals surface area contributed by atoms with Crippen LogP contribution >= 0.6 is 0 Å². The standard InChI is InChI=1S/C19H29NO/c1-18(2)15-9-10-19(3,12-15)17(18)20-16(13-21)11-14-7-5-4-6-8-14/h4-8,15-17,20-21H,9-13H2,1-3H3/t15-,16+,17?,19+/m0/s1. The lowest BCUT2D eigenvalue weighted by molar-refractivity contribution is 0.0867. The Morgan fingerprint density at radius 1 is 1.24 bits per heavy atom. The van der Waals surface area contributed by atoms with Crippen LogP contribution in [0.15, 0.2) is 30.3 Å². The molecule has 116 valence electrons. The highest BCUT2D eigenvalue weighted by Crippen LogP contribution is 2.62. The molecule has 0 saturated heterocycles. The van der Waals surface area contributed by atoms with E-state index >= 15 is 0 Å². The quantitative estimate of drug-likeness (QED) is 0.870. The summed E-state index contributed by atoms with van der Waals surface area (Å²) >= 11 is 0. The van der Waals surface area contributed by atoms with E-state index in [2.05, 4.69) is 50.4 Å². The first kappa shape index (κ1) is 15.1. The highest BCUT2D eigenvalue weighted by atomic mass is 16.3. The van der Waals surface area contributed by atoms with Gasteiger partial charge in [0.2, 0.25) is 0 Å². The molecule has 2 aliphatic carbocycles. The summed E-state index contributed by atoms with van der Waals surface area (Å²) in [6.07, 6.45) is 4.97. The molecule has 21 heavy (non-hydrogen) atoms. The van der Waals surface area contributed by atoms with Gasteiger partial charge in [0, 0.05) is 12.1 Å². The van der Waals surface area contributed by atoms with E-state index in [1.54, 1.807) is 0 Å². The van der Waals surface area contributed by atoms with Crippen molar-refractivity contribution in [2.45, 2.75) is 58.5 Å². The molecule has 0 spiro atoms. The van der Waals surface area contributed by atoms with Crippen LogP contribution in [0.5, 0.6) is 0 Å². The summed E-state index contributed by atoms with van der Waals surface area (Å²) in [7, 11) is 0. The molecule has 2 nitrogen and oxygen atoms in total. The Balaban J connectivity index is 1.72. The molecular weight excluding hydrogens is 258 g/mol. The van der Waals surface area contributed by atoms with Crippen LogP contribution in [0.1, 0.15) is 45.6 Å². The maximum Gasteiger partial charge on any atom is 0.0587 e. The Morgan fingerprint density at radius 3 is 2.52 bits per heavy atom. The van der Waals surface area contributed by atoms with Gasteiger partial charge in [-0.15, -0.1) is 0 Å². The monoisotopic (exact) mass is 287 g/mol. The fourth-order valence-electron chi connectivity index (χ4n) is 5.03. The van der Waals surface area contributed by atoms with Crippen molar-refractivity contribution < 1.29 is 5.11 Å². The van der Waals surface area contributed by atoms with Crippen LogP contribution in [-0.2, 0) is 6.42 Å². The van der Waals surface area contributed by atoms with Crippen molar-refractivity contribution in [1.82, 2.24) is 5.32 Å². The predicted octanol–water partition coefficient (Wildman–Crippen LogP) is 3.39. The second-order valence-corrected chi connectivity index (χ2v) is 8.08. The number of aliphatic hydroxyl groups excluding tert-OH is 1. The molecule has 2 bridgehead atoms. The molecule has 1 aromatic rings. The molecule has 2 heteroatoms. The molecule has 1 aromatic carbocycles. The molecule has 2 aliphatic rings. The molecule has 2 fully saturated rings. The molecule has 2 saturated carbocycles. The van der Waals surface area contributed by atoms with Crippen molar-refractivity contribution in [3.63, 3.8) is 0 Å². The van der Waals surface area contributed by atoms with Crippen LogP contribution in [0.2, 0.25) is 0 Å². The van der Waals surface area contributed by atoms with Gasteiger partial charge < -0.3 is 10.4 Å². The second kappa shape index (κ2) is 5.40. The first-order valence-electron chi connectivity index (χ1n) is 8.36. The Morgan fingerprint density at radius 2 is 1.95 bits per heavy atom. The normalized spacial score (nSPS) is 35.0. The number of fused-ring (bicyclic) bond motifs is 2. The van der Waals surface area contributed by atoms with E-state index in [4.69, 9.17) is 0 Å². The third kappa shape index (κ3) is 2.64. The number of rotatable bonds is 5. The Labute approximate surface area is 129 Å². The predicted molar refractivity (Wildman–Crippen MR) is 87.2 cm³/mol. The van der Waals surface area contributed by atoms with Gasteiger partial charge >= 0.3 is 0 Å². The van der Waals surface area contributed by atoms with Gasteiger partial charge in [0.25, 0.3) is 0 Å². The lowest BCUT2D eigenvalue weighted by Gasteiger charge is -2.45. The Hall–Kier alpha value is -0.860. The minimum Gasteiger partial charge on any atom is -0.395 e. The summed E-state index contributed by atoms with van der Waals surface area (Å²) in [5.41, 5.74) is 2.06. The van der Waals surface area contributed by atoms with Crippen LogP contribution < -0.4 is 5.32 Å². The van der Waals surface area contributed by atoms with Crippen LogP contribution in [0, 0.1) is 16.7 Å². The minimum atomic E-state index is 0.160. The van der Waals surface area contributed by atoms with Gasteiger partial charge in [0.1, 0.15) is 0 Å². The van der Waals surface area contributed by atoms with Crippen molar-refractivity contribution in [2.24, 2.45) is 16.7 Å². The fourth-order valence-corrected chi connectivity index (χ4v) is 5.03. The zero-order valence-corrected chi connectivity index (χ0v) is 13.6. The Kier molecular flexibility index (Phi) is 3.87. The number of nitrogens with one attached hydrogen (secondary N) is 1. The van der Waals surface area contributed by atoms with E-state index < -0.39 is 0 Å². The summed E-state index contributed by atoms with van der Waals surface area (Å²) in [6, 6.07) is 11.2. The highest BCUT2D eigenvalue weighted by molar-refractivity contribution is 5.17. The van der Waals surface area contributed by atoms with Crippen LogP contribution in [0.25, 0.3) is 0 Å². The zero-order chi connectivity index (χ0) is 15.1. The molecule has 0 aliphatic heterocycles. The maximum absolute atomic E-state index is 9.81. The molecule has 0 radical (unpaired) electrons. The van der Waals surface area contributed by atoms with E-state index in [-0.39, 0.29) is 12.6 Å². The van der Waals surface area contributed by atoms with Crippen molar-refractivity contribution in [1.29, 1.82) is 0 Å². The third-order valence-electron chi connectivity index (χ3n) is 6.22. The summed E-state index contributed by atoms with van der Waals surface area (Å²) in [6.45, 7) is 7.48. The van der Waals surface area contributed by atoms with Gasteiger partial charge in [0.05, 0.1) is 6.61 Å². The van der Waals surface area contributed by atoms with Crippen LogP contribution in [-0.4, -0.2) is 23.8 Å². The topological polar surface area (TPSA) is 32.3 Å². The number of hydrogen-bond acceptors (Lipinski definition) is 2. The van der Waals surface area contributed by atoms with Gasteiger partial charge in [-0.05, 0) is 48.0 Å². The minimum absolute atomic E-state index is 0.160. The molecule has 0 amide bonds. The van der Waals surface area contributed by atoms with Gasteiger partial charge in [-0.1, -0.05) is 51.1 Å². The van der Waals surface area contributed by atoms with E-state index in [0.29, 0.717) is 16.9 Å². The van der Waals surface area contributed by atoms with Gasteiger partial charge in [-0.25, -0.2) is 0 Å². The number of aliphatic hydroxyl groups is 1. The first-order chi connectivity index (χ1) is 9.95. The largest absolute Gasteiger partial charge is 0.395 e. The maximum atomic E-state index is 9.81. The highest BCUT2D eigenvalue weighted by Gasteiger charge is 2.59. The van der Waals surface area contributed by atoms with Gasteiger partial charge in [0.15, 0.2) is 0 Å². The Bertz CT molecular complexity index is 479. The summed E-state index contributed by atoms with van der Waals surface area (Å²) in [5, 5.41) is 13.6. The SMILES string of the molecule is CC1(C)C(N[C@@H](CO)Cc2ccccc2)[C@]2(C)CC[C@H]1C2. The fraction of sp³-hybridized carbons (Fsp3) is 0.684. The lowest BCUT2D eigenvalue weighted by Crippen LogP contribution is -2.55. The van der Waals surface area contributed by atoms with E-state index in [1.165, 1.54) is 24.8 Å². The van der Waals surface area contributed by atoms with Crippen molar-refractivity contribution in [3.8, 4) is 0 Å². The van der Waals surface area contributed by atoms with Crippen molar-refractivity contribution in [2.75, 3.05) is 6.61 Å². The van der Waals surface area contributed by atoms with Crippen LogP contribution in [0.4, 0.5) is 0 Å². The smallest absolute Gasteiger partial charge is 0.0587 e. The summed E-state index contributed by atoms with van der Waals surface area (Å²) in [4.78, 5) is 0. The number of benzene rings is 1. The molecule has 1 unspecified atom stereocenters. The second-order valence-electron chi connectivity index (χ2n) is 8.08. The molecule has 0 aromatic heterocycles. The molecular formula is C19H29NO. The zero-order valence-electron chi connectivity index (χ0n) is 13.6. The van der Waals surface area contributed by atoms with Crippen molar-refractivity contribution >= 4 is 0 Å². The molecule has 4 atom stereocenters. The van der Waals surface area contributed by atoms with Crippen molar-refractivity contribution in [3.05, 3.63) is 35.9 Å². The summed E-state index contributed by atoms with van der Waals surface area (Å²) < 4.78 is 0. The van der Waals surface area contributed by atoms with Gasteiger partial charge in [-0.3, -0.25) is 0 Å². The van der Waals surface area contributed by atoms with E-state index in [0.717, 1.165) is 12.3 Å². The van der Waals surface area contributed by atoms with Crippen LogP contribution in [0.3, 0.4) is 0 Å². The summed E-state index contributed by atoms with van der Waals surface area (Å²) in [5.74, 6) is 0.844. The first-order valence-corrected chi connectivity index (χ1v) is 8.36.